The summed E-state index contributed by atoms with van der Waals surface area (Å²) < 4.78 is 28.7. The lowest BCUT2D eigenvalue weighted by Crippen LogP contribution is -2.45. The van der Waals surface area contributed by atoms with Crippen molar-refractivity contribution >= 4 is 10.2 Å². The molecule has 20 heavy (non-hydrogen) atoms. The molecule has 0 bridgehead atoms. The van der Waals surface area contributed by atoms with Gasteiger partial charge in [-0.3, -0.25) is 0 Å². The highest BCUT2D eigenvalue weighted by Gasteiger charge is 2.27. The Kier molecular flexibility index (Phi) is 5.54. The van der Waals surface area contributed by atoms with Gasteiger partial charge in [0.05, 0.1) is 0 Å². The first-order valence-corrected chi connectivity index (χ1v) is 8.49. The van der Waals surface area contributed by atoms with Gasteiger partial charge >= 0.3 is 0 Å². The van der Waals surface area contributed by atoms with Gasteiger partial charge in [-0.25, -0.2) is 0 Å². The van der Waals surface area contributed by atoms with Crippen LogP contribution in [-0.2, 0) is 16.8 Å². The Morgan fingerprint density at radius 1 is 1.20 bits per heavy atom. The lowest BCUT2D eigenvalue weighted by atomic mass is 9.98. The van der Waals surface area contributed by atoms with Gasteiger partial charge in [-0.05, 0) is 37.9 Å². The Hall–Kier alpha value is -0.950. The van der Waals surface area contributed by atoms with Gasteiger partial charge in [0.2, 0.25) is 0 Å². The van der Waals surface area contributed by atoms with Crippen LogP contribution in [0.25, 0.3) is 0 Å². The monoisotopic (exact) mass is 297 g/mol. The van der Waals surface area contributed by atoms with E-state index < -0.39 is 10.2 Å². The zero-order valence-electron chi connectivity index (χ0n) is 11.9. The molecule has 1 fully saturated rings. The van der Waals surface area contributed by atoms with Crippen molar-refractivity contribution in [1.82, 2.24) is 14.3 Å². The van der Waals surface area contributed by atoms with Crippen LogP contribution in [0.15, 0.2) is 30.3 Å². The first-order valence-electron chi connectivity index (χ1n) is 7.05. The fraction of sp³-hybridized carbons (Fsp3) is 0.571. The molecule has 112 valence electrons. The molecule has 1 heterocycles. The summed E-state index contributed by atoms with van der Waals surface area (Å²) in [4.78, 5) is 0. The number of nitrogens with one attached hydrogen (secondary N) is 2. The lowest BCUT2D eigenvalue weighted by molar-refractivity contribution is 0.268. The van der Waals surface area contributed by atoms with Crippen LogP contribution in [0, 0.1) is 5.92 Å². The summed E-state index contributed by atoms with van der Waals surface area (Å²) >= 11 is 0. The summed E-state index contributed by atoms with van der Waals surface area (Å²) in [6.07, 6.45) is 1.85. The molecule has 1 aliphatic heterocycles. The number of nitrogens with zero attached hydrogens (tertiary/aromatic N) is 1. The van der Waals surface area contributed by atoms with Crippen molar-refractivity contribution in [2.45, 2.75) is 19.4 Å². The topological polar surface area (TPSA) is 61.4 Å². The summed E-state index contributed by atoms with van der Waals surface area (Å²) in [7, 11) is -1.42. The van der Waals surface area contributed by atoms with E-state index in [1.165, 1.54) is 0 Å². The minimum atomic E-state index is -3.36. The Balaban J connectivity index is 1.85. The van der Waals surface area contributed by atoms with Gasteiger partial charge < -0.3 is 5.32 Å². The maximum Gasteiger partial charge on any atom is 0.279 e. The van der Waals surface area contributed by atoms with E-state index in [-0.39, 0.29) is 0 Å². The average molecular weight is 297 g/mol. The number of benzene rings is 1. The fourth-order valence-corrected chi connectivity index (χ4v) is 3.73. The first kappa shape index (κ1) is 15.4. The van der Waals surface area contributed by atoms with Gasteiger partial charge in [-0.15, -0.1) is 0 Å². The molecule has 1 saturated heterocycles. The predicted molar refractivity (Wildman–Crippen MR) is 80.4 cm³/mol. The van der Waals surface area contributed by atoms with E-state index in [4.69, 9.17) is 0 Å². The van der Waals surface area contributed by atoms with Gasteiger partial charge in [0, 0.05) is 19.6 Å². The van der Waals surface area contributed by atoms with E-state index in [0.29, 0.717) is 25.6 Å². The Labute approximate surface area is 121 Å². The molecule has 5 nitrogen and oxygen atoms in total. The van der Waals surface area contributed by atoms with Crippen molar-refractivity contribution in [3.05, 3.63) is 35.9 Å². The van der Waals surface area contributed by atoms with E-state index in [1.807, 2.05) is 37.4 Å². The first-order chi connectivity index (χ1) is 9.62. The van der Waals surface area contributed by atoms with Gasteiger partial charge in [-0.2, -0.15) is 17.4 Å². The Morgan fingerprint density at radius 3 is 2.45 bits per heavy atom. The third-order valence-corrected chi connectivity index (χ3v) is 5.26. The van der Waals surface area contributed by atoms with Crippen molar-refractivity contribution in [2.24, 2.45) is 5.92 Å². The highest BCUT2D eigenvalue weighted by Crippen LogP contribution is 2.18. The highest BCUT2D eigenvalue weighted by atomic mass is 32.2. The third-order valence-electron chi connectivity index (χ3n) is 3.71. The number of piperidine rings is 1. The van der Waals surface area contributed by atoms with Crippen LogP contribution in [-0.4, -0.2) is 39.4 Å². The number of rotatable bonds is 6. The lowest BCUT2D eigenvalue weighted by Gasteiger charge is -2.31. The predicted octanol–water partition coefficient (Wildman–Crippen LogP) is 0.952. The van der Waals surface area contributed by atoms with Crippen molar-refractivity contribution in [2.75, 3.05) is 26.7 Å². The molecule has 0 aliphatic carbocycles. The molecule has 1 aromatic rings. The molecular formula is C14H23N3O2S. The maximum atomic E-state index is 12.2. The SMILES string of the molecule is CNCC1CCN(S(=O)(=O)NCc2ccccc2)CC1. The van der Waals surface area contributed by atoms with Crippen molar-refractivity contribution < 1.29 is 8.42 Å². The smallest absolute Gasteiger partial charge is 0.279 e. The van der Waals surface area contributed by atoms with Crippen molar-refractivity contribution in [3.63, 3.8) is 0 Å². The molecule has 0 unspecified atom stereocenters. The van der Waals surface area contributed by atoms with E-state index in [2.05, 4.69) is 10.0 Å². The second-order valence-corrected chi connectivity index (χ2v) is 6.97. The molecule has 2 rings (SSSR count). The van der Waals surface area contributed by atoms with Crippen LogP contribution < -0.4 is 10.0 Å². The Bertz CT molecular complexity index is 496. The zero-order valence-corrected chi connectivity index (χ0v) is 12.7. The highest BCUT2D eigenvalue weighted by molar-refractivity contribution is 7.87. The molecular weight excluding hydrogens is 274 g/mol. The molecule has 0 aromatic heterocycles. The molecule has 0 amide bonds. The van der Waals surface area contributed by atoms with E-state index in [0.717, 1.165) is 24.9 Å². The summed E-state index contributed by atoms with van der Waals surface area (Å²) in [6, 6.07) is 9.58. The van der Waals surface area contributed by atoms with Crippen LogP contribution in [0.4, 0.5) is 0 Å². The average Bonchev–Trinajstić information content (AvgIpc) is 2.47. The minimum absolute atomic E-state index is 0.347. The molecule has 0 spiro atoms. The maximum absolute atomic E-state index is 12.2. The second-order valence-electron chi connectivity index (χ2n) is 5.21. The number of hydrogen-bond donors (Lipinski definition) is 2. The minimum Gasteiger partial charge on any atom is -0.319 e. The van der Waals surface area contributed by atoms with Gasteiger partial charge in [0.1, 0.15) is 0 Å². The normalized spacial score (nSPS) is 18.2. The molecule has 0 atom stereocenters. The Morgan fingerprint density at radius 2 is 1.85 bits per heavy atom. The van der Waals surface area contributed by atoms with Crippen LogP contribution >= 0.6 is 0 Å². The third kappa shape index (κ3) is 4.28. The second kappa shape index (κ2) is 7.17. The van der Waals surface area contributed by atoms with Gasteiger partial charge in [0.25, 0.3) is 10.2 Å². The quantitative estimate of drug-likeness (QED) is 0.822. The molecule has 0 radical (unpaired) electrons. The van der Waals surface area contributed by atoms with E-state index >= 15 is 0 Å². The van der Waals surface area contributed by atoms with Crippen molar-refractivity contribution in [3.8, 4) is 0 Å². The van der Waals surface area contributed by atoms with Crippen LogP contribution in [0.2, 0.25) is 0 Å². The molecule has 1 aliphatic rings. The molecule has 1 aromatic carbocycles. The summed E-state index contributed by atoms with van der Waals surface area (Å²) in [6.45, 7) is 2.53. The largest absolute Gasteiger partial charge is 0.319 e. The summed E-state index contributed by atoms with van der Waals surface area (Å²) in [5, 5.41) is 3.15. The zero-order chi connectivity index (χ0) is 14.4. The van der Waals surface area contributed by atoms with E-state index in [9.17, 15) is 8.42 Å². The molecule has 0 saturated carbocycles. The van der Waals surface area contributed by atoms with Crippen LogP contribution in [0.3, 0.4) is 0 Å². The van der Waals surface area contributed by atoms with E-state index in [1.54, 1.807) is 4.31 Å². The van der Waals surface area contributed by atoms with Gasteiger partial charge in [0.15, 0.2) is 0 Å². The number of hydrogen-bond acceptors (Lipinski definition) is 3. The standard InChI is InChI=1S/C14H23N3O2S/c1-15-11-14-7-9-17(10-8-14)20(18,19)16-12-13-5-3-2-4-6-13/h2-6,14-16H,7-12H2,1H3. The fourth-order valence-electron chi connectivity index (χ4n) is 2.50. The van der Waals surface area contributed by atoms with Crippen LogP contribution in [0.5, 0.6) is 0 Å². The van der Waals surface area contributed by atoms with Gasteiger partial charge in [-0.1, -0.05) is 30.3 Å². The summed E-state index contributed by atoms with van der Waals surface area (Å²) in [5.74, 6) is 0.584. The van der Waals surface area contributed by atoms with Crippen LogP contribution in [0.1, 0.15) is 18.4 Å². The molecule has 6 heteroatoms. The van der Waals surface area contributed by atoms with Crippen molar-refractivity contribution in [1.29, 1.82) is 0 Å². The summed E-state index contributed by atoms with van der Waals surface area (Å²) in [5.41, 5.74) is 0.973. The molecule has 2 N–H and O–H groups in total.